The van der Waals surface area contributed by atoms with Gasteiger partial charge in [0.25, 0.3) is 0 Å². The van der Waals surface area contributed by atoms with Crippen LogP contribution >= 0.6 is 0 Å². The zero-order valence-electron chi connectivity index (χ0n) is 13.0. The average Bonchev–Trinajstić information content (AvgIpc) is 3.04. The minimum Gasteiger partial charge on any atom is -0.359 e. The first kappa shape index (κ1) is 14.6. The van der Waals surface area contributed by atoms with Crippen LogP contribution in [0.1, 0.15) is 12.8 Å². The first-order valence-corrected chi connectivity index (χ1v) is 7.59. The van der Waals surface area contributed by atoms with Gasteiger partial charge in [-0.15, -0.1) is 10.2 Å². The molecule has 0 spiro atoms. The van der Waals surface area contributed by atoms with Gasteiger partial charge in [-0.05, 0) is 18.8 Å². The second kappa shape index (κ2) is 6.59. The number of piperidine rings is 1. The third-order valence-electron chi connectivity index (χ3n) is 4.03. The largest absolute Gasteiger partial charge is 0.359 e. The van der Waals surface area contributed by atoms with Crippen molar-refractivity contribution in [3.63, 3.8) is 0 Å². The molecule has 0 aliphatic carbocycles. The van der Waals surface area contributed by atoms with E-state index in [2.05, 4.69) is 35.7 Å². The summed E-state index contributed by atoms with van der Waals surface area (Å²) in [5, 5.41) is 14.5. The Morgan fingerprint density at radius 1 is 1.50 bits per heavy atom. The van der Waals surface area contributed by atoms with Crippen molar-refractivity contribution in [3.8, 4) is 0 Å². The van der Waals surface area contributed by atoms with E-state index in [0.29, 0.717) is 5.92 Å². The molecule has 2 N–H and O–H groups in total. The van der Waals surface area contributed by atoms with Crippen molar-refractivity contribution in [2.45, 2.75) is 12.8 Å². The molecule has 2 aromatic heterocycles. The molecule has 1 unspecified atom stereocenters. The summed E-state index contributed by atoms with van der Waals surface area (Å²) in [5.41, 5.74) is 0.821. The Hall–Kier alpha value is -2.38. The summed E-state index contributed by atoms with van der Waals surface area (Å²) in [4.78, 5) is 11.0. The van der Waals surface area contributed by atoms with Crippen LogP contribution in [-0.2, 0) is 0 Å². The Morgan fingerprint density at radius 3 is 3.23 bits per heavy atom. The van der Waals surface area contributed by atoms with Crippen LogP contribution in [0.2, 0.25) is 0 Å². The lowest BCUT2D eigenvalue weighted by Gasteiger charge is -2.33. The van der Waals surface area contributed by atoms with E-state index in [1.165, 1.54) is 6.42 Å². The summed E-state index contributed by atoms with van der Waals surface area (Å²) in [6.07, 6.45) is 7.75. The van der Waals surface area contributed by atoms with Gasteiger partial charge in [-0.3, -0.25) is 9.39 Å². The predicted octanol–water partition coefficient (Wildman–Crippen LogP) is 0.136. The molecule has 22 heavy (non-hydrogen) atoms. The van der Waals surface area contributed by atoms with Crippen LogP contribution in [0.15, 0.2) is 23.7 Å². The Kier molecular flexibility index (Phi) is 4.36. The molecule has 0 saturated carbocycles. The van der Waals surface area contributed by atoms with Crippen molar-refractivity contribution in [1.82, 2.24) is 30.2 Å². The van der Waals surface area contributed by atoms with Crippen molar-refractivity contribution in [2.24, 2.45) is 10.9 Å². The standard InChI is InChI=1S/C14H22N8/c1-15-14(16-2)18-8-11-4-3-6-21(9-11)12-13-20-19-10-22(13)7-5-17-12/h5,7,10-11H,3-4,6,8-9H2,1-2H3,(H2,15,16,18). The first-order valence-electron chi connectivity index (χ1n) is 7.59. The molecule has 1 aliphatic heterocycles. The van der Waals surface area contributed by atoms with Crippen molar-refractivity contribution >= 4 is 17.4 Å². The zero-order valence-corrected chi connectivity index (χ0v) is 13.0. The Morgan fingerprint density at radius 2 is 2.41 bits per heavy atom. The summed E-state index contributed by atoms with van der Waals surface area (Å²) < 4.78 is 1.91. The number of nitrogens with zero attached hydrogens (tertiary/aromatic N) is 6. The molecular weight excluding hydrogens is 280 g/mol. The first-order chi connectivity index (χ1) is 10.8. The van der Waals surface area contributed by atoms with Gasteiger partial charge in [0.1, 0.15) is 6.33 Å². The van der Waals surface area contributed by atoms with E-state index >= 15 is 0 Å². The number of anilines is 1. The van der Waals surface area contributed by atoms with Gasteiger partial charge in [0.15, 0.2) is 11.8 Å². The van der Waals surface area contributed by atoms with Gasteiger partial charge in [0.05, 0.1) is 0 Å². The molecule has 1 saturated heterocycles. The fraction of sp³-hybridized carbons (Fsp3) is 0.571. The van der Waals surface area contributed by atoms with Crippen LogP contribution in [0.4, 0.5) is 5.82 Å². The Bertz CT molecular complexity index is 649. The molecule has 0 amide bonds. The van der Waals surface area contributed by atoms with Crippen LogP contribution < -0.4 is 15.5 Å². The van der Waals surface area contributed by atoms with Gasteiger partial charge in [-0.1, -0.05) is 0 Å². The molecule has 1 aliphatic rings. The molecule has 8 heteroatoms. The molecule has 0 bridgehead atoms. The quantitative estimate of drug-likeness (QED) is 0.620. The SMILES string of the molecule is CN=C(NC)NCC1CCCN(c2nccn3cnnc23)C1. The number of aromatic nitrogens is 4. The van der Waals surface area contributed by atoms with Crippen LogP contribution in [0.25, 0.3) is 5.65 Å². The Balaban J connectivity index is 1.69. The minimum atomic E-state index is 0.559. The van der Waals surface area contributed by atoms with Crippen molar-refractivity contribution in [3.05, 3.63) is 18.7 Å². The van der Waals surface area contributed by atoms with Crippen LogP contribution in [0.5, 0.6) is 0 Å². The lowest BCUT2D eigenvalue weighted by atomic mass is 9.98. The summed E-state index contributed by atoms with van der Waals surface area (Å²) in [5.74, 6) is 2.31. The molecule has 2 aromatic rings. The minimum absolute atomic E-state index is 0.559. The highest BCUT2D eigenvalue weighted by molar-refractivity contribution is 5.79. The lowest BCUT2D eigenvalue weighted by molar-refractivity contribution is 0.409. The third kappa shape index (κ3) is 2.95. The predicted molar refractivity (Wildman–Crippen MR) is 86.1 cm³/mol. The monoisotopic (exact) mass is 302 g/mol. The lowest BCUT2D eigenvalue weighted by Crippen LogP contribution is -2.44. The molecule has 118 valence electrons. The normalized spacial score (nSPS) is 19.5. The molecule has 0 radical (unpaired) electrons. The number of nitrogens with one attached hydrogen (secondary N) is 2. The number of hydrogen-bond donors (Lipinski definition) is 2. The average molecular weight is 302 g/mol. The van der Waals surface area contributed by atoms with E-state index in [1.54, 1.807) is 19.6 Å². The molecule has 0 aromatic carbocycles. The Labute approximate surface area is 129 Å². The second-order valence-electron chi connectivity index (χ2n) is 5.47. The zero-order chi connectivity index (χ0) is 15.4. The van der Waals surface area contributed by atoms with Crippen molar-refractivity contribution in [2.75, 3.05) is 38.6 Å². The van der Waals surface area contributed by atoms with E-state index in [9.17, 15) is 0 Å². The summed E-state index contributed by atoms with van der Waals surface area (Å²) in [6.45, 7) is 2.88. The summed E-state index contributed by atoms with van der Waals surface area (Å²) in [6, 6.07) is 0. The second-order valence-corrected chi connectivity index (χ2v) is 5.47. The fourth-order valence-corrected chi connectivity index (χ4v) is 2.91. The maximum atomic E-state index is 4.51. The highest BCUT2D eigenvalue weighted by atomic mass is 15.3. The van der Waals surface area contributed by atoms with E-state index in [-0.39, 0.29) is 0 Å². The van der Waals surface area contributed by atoms with Crippen molar-refractivity contribution in [1.29, 1.82) is 0 Å². The van der Waals surface area contributed by atoms with Gasteiger partial charge in [0.2, 0.25) is 5.65 Å². The van der Waals surface area contributed by atoms with Gasteiger partial charge in [-0.2, -0.15) is 0 Å². The number of guanidine groups is 1. The fourth-order valence-electron chi connectivity index (χ4n) is 2.91. The molecule has 1 atom stereocenters. The number of hydrogen-bond acceptors (Lipinski definition) is 5. The van der Waals surface area contributed by atoms with Crippen LogP contribution in [0, 0.1) is 5.92 Å². The number of aliphatic imine (C=N–C) groups is 1. The van der Waals surface area contributed by atoms with Crippen LogP contribution in [-0.4, -0.2) is 59.3 Å². The molecule has 1 fully saturated rings. The smallest absolute Gasteiger partial charge is 0.203 e. The third-order valence-corrected chi connectivity index (χ3v) is 4.03. The van der Waals surface area contributed by atoms with E-state index < -0.39 is 0 Å². The molecular formula is C14H22N8. The van der Waals surface area contributed by atoms with Gasteiger partial charge < -0.3 is 15.5 Å². The molecule has 3 rings (SSSR count). The number of rotatable bonds is 3. The molecule has 3 heterocycles. The van der Waals surface area contributed by atoms with Gasteiger partial charge in [0, 0.05) is 46.1 Å². The van der Waals surface area contributed by atoms with E-state index in [4.69, 9.17) is 0 Å². The summed E-state index contributed by atoms with van der Waals surface area (Å²) >= 11 is 0. The van der Waals surface area contributed by atoms with Crippen LogP contribution in [0.3, 0.4) is 0 Å². The molecule has 8 nitrogen and oxygen atoms in total. The van der Waals surface area contributed by atoms with E-state index in [1.807, 2.05) is 17.6 Å². The van der Waals surface area contributed by atoms with E-state index in [0.717, 1.165) is 43.5 Å². The highest BCUT2D eigenvalue weighted by Gasteiger charge is 2.23. The highest BCUT2D eigenvalue weighted by Crippen LogP contribution is 2.23. The maximum Gasteiger partial charge on any atom is 0.203 e. The summed E-state index contributed by atoms with van der Waals surface area (Å²) in [7, 11) is 3.65. The maximum absolute atomic E-state index is 4.51. The van der Waals surface area contributed by atoms with Gasteiger partial charge in [-0.25, -0.2) is 4.98 Å². The topological polar surface area (TPSA) is 82.7 Å². The van der Waals surface area contributed by atoms with Gasteiger partial charge >= 0.3 is 0 Å². The van der Waals surface area contributed by atoms with Crippen molar-refractivity contribution < 1.29 is 0 Å². The number of fused-ring (bicyclic) bond motifs is 1.